The molecule has 1 N–H and O–H groups in total. The fourth-order valence-electron chi connectivity index (χ4n) is 2.97. The maximum atomic E-state index is 9.70. The number of benzene rings is 1. The Balaban J connectivity index is 1.85. The van der Waals surface area contributed by atoms with E-state index in [1.54, 1.807) is 0 Å². The highest BCUT2D eigenvalue weighted by atomic mass is 32.2. The molecule has 2 aromatic rings. The van der Waals surface area contributed by atoms with Crippen molar-refractivity contribution in [3.8, 4) is 11.3 Å². The number of ether oxygens (including phenoxy) is 1. The van der Waals surface area contributed by atoms with Gasteiger partial charge in [-0.25, -0.2) is 4.68 Å². The summed E-state index contributed by atoms with van der Waals surface area (Å²) < 4.78 is 7.96. The lowest BCUT2D eigenvalue weighted by Crippen LogP contribution is -2.29. The number of thioether (sulfide) groups is 2. The Morgan fingerprint density at radius 2 is 1.83 bits per heavy atom. The Kier molecular flexibility index (Phi) is 6.21. The van der Waals surface area contributed by atoms with Gasteiger partial charge in [-0.05, 0) is 11.5 Å². The second kappa shape index (κ2) is 8.38. The van der Waals surface area contributed by atoms with Crippen molar-refractivity contribution in [2.45, 2.75) is 36.7 Å². The zero-order chi connectivity index (χ0) is 16.9. The maximum Gasteiger partial charge on any atom is 0.165 e. The van der Waals surface area contributed by atoms with Gasteiger partial charge in [0, 0.05) is 10.8 Å². The summed E-state index contributed by atoms with van der Waals surface area (Å²) in [5, 5.41) is 18.8. The molecule has 24 heavy (non-hydrogen) atoms. The van der Waals surface area contributed by atoms with Crippen LogP contribution in [0.15, 0.2) is 36.5 Å². The van der Waals surface area contributed by atoms with Gasteiger partial charge >= 0.3 is 0 Å². The first kappa shape index (κ1) is 17.8. The second-order valence-corrected chi connectivity index (χ2v) is 8.45. The Morgan fingerprint density at radius 1 is 1.12 bits per heavy atom. The lowest BCUT2D eigenvalue weighted by atomic mass is 10.2. The number of hydrogen-bond acceptors (Lipinski definition) is 6. The molecule has 0 aliphatic carbocycles. The van der Waals surface area contributed by atoms with Gasteiger partial charge in [0.15, 0.2) is 6.23 Å². The molecule has 130 valence electrons. The van der Waals surface area contributed by atoms with Crippen molar-refractivity contribution in [1.29, 1.82) is 0 Å². The number of rotatable bonds is 7. The summed E-state index contributed by atoms with van der Waals surface area (Å²) in [4.78, 5) is 0. The first-order chi connectivity index (χ1) is 11.8. The monoisotopic (exact) mass is 365 g/mol. The van der Waals surface area contributed by atoms with Gasteiger partial charge in [0.1, 0.15) is 5.69 Å². The third-order valence-electron chi connectivity index (χ3n) is 4.02. The number of hydrogen-bond donors (Lipinski definition) is 1. The average molecular weight is 366 g/mol. The van der Waals surface area contributed by atoms with E-state index in [2.05, 4.69) is 24.2 Å². The van der Waals surface area contributed by atoms with E-state index in [1.807, 2.05) is 64.7 Å². The highest BCUT2D eigenvalue weighted by Crippen LogP contribution is 2.43. The SMILES string of the molecule is CCS[C@@H]1[C@H](SCC)[C@@H](CO)O[C@H]1n1cc(-c2ccccc2)nn1. The average Bonchev–Trinajstić information content (AvgIpc) is 3.22. The smallest absolute Gasteiger partial charge is 0.165 e. The van der Waals surface area contributed by atoms with E-state index in [4.69, 9.17) is 4.74 Å². The molecule has 0 spiro atoms. The molecule has 5 nitrogen and oxygen atoms in total. The third kappa shape index (κ3) is 3.64. The first-order valence-corrected chi connectivity index (χ1v) is 10.3. The minimum Gasteiger partial charge on any atom is -0.394 e. The quantitative estimate of drug-likeness (QED) is 0.814. The molecule has 0 bridgehead atoms. The first-order valence-electron chi connectivity index (χ1n) is 8.25. The third-order valence-corrected chi connectivity index (χ3v) is 6.76. The van der Waals surface area contributed by atoms with Crippen LogP contribution in [0.2, 0.25) is 0 Å². The van der Waals surface area contributed by atoms with Crippen LogP contribution in [0.5, 0.6) is 0 Å². The Labute approximate surface area is 151 Å². The highest BCUT2D eigenvalue weighted by Gasteiger charge is 2.45. The minimum absolute atomic E-state index is 0.0369. The van der Waals surface area contributed by atoms with Gasteiger partial charge in [-0.3, -0.25) is 0 Å². The van der Waals surface area contributed by atoms with Crippen LogP contribution in [0.1, 0.15) is 20.1 Å². The van der Waals surface area contributed by atoms with Crippen LogP contribution in [0, 0.1) is 0 Å². The fourth-order valence-corrected chi connectivity index (χ4v) is 5.62. The van der Waals surface area contributed by atoms with E-state index in [0.29, 0.717) is 0 Å². The second-order valence-electron chi connectivity index (χ2n) is 5.54. The van der Waals surface area contributed by atoms with Gasteiger partial charge in [-0.15, -0.1) is 5.10 Å². The summed E-state index contributed by atoms with van der Waals surface area (Å²) in [6, 6.07) is 10.0. The van der Waals surface area contributed by atoms with Gasteiger partial charge in [0.25, 0.3) is 0 Å². The largest absolute Gasteiger partial charge is 0.394 e. The number of aliphatic hydroxyl groups is 1. The van der Waals surface area contributed by atoms with Crippen molar-refractivity contribution in [3.63, 3.8) is 0 Å². The lowest BCUT2D eigenvalue weighted by Gasteiger charge is -2.21. The van der Waals surface area contributed by atoms with E-state index in [-0.39, 0.29) is 29.4 Å². The summed E-state index contributed by atoms with van der Waals surface area (Å²) >= 11 is 3.72. The van der Waals surface area contributed by atoms with E-state index < -0.39 is 0 Å². The number of aliphatic hydroxyl groups excluding tert-OH is 1. The summed E-state index contributed by atoms with van der Waals surface area (Å²) in [6.07, 6.45) is 1.59. The molecular formula is C17H23N3O2S2. The Bertz CT molecular complexity index is 638. The van der Waals surface area contributed by atoms with Crippen molar-refractivity contribution >= 4 is 23.5 Å². The normalized spacial score (nSPS) is 26.8. The number of aromatic nitrogens is 3. The summed E-state index contributed by atoms with van der Waals surface area (Å²) in [5.41, 5.74) is 1.88. The molecule has 4 atom stereocenters. The molecule has 1 saturated heterocycles. The van der Waals surface area contributed by atoms with Crippen molar-refractivity contribution in [2.24, 2.45) is 0 Å². The fraction of sp³-hybridized carbons (Fsp3) is 0.529. The van der Waals surface area contributed by atoms with Crippen molar-refractivity contribution in [2.75, 3.05) is 18.1 Å². The topological polar surface area (TPSA) is 60.2 Å². The molecule has 0 saturated carbocycles. The van der Waals surface area contributed by atoms with E-state index in [0.717, 1.165) is 22.8 Å². The van der Waals surface area contributed by atoms with Crippen LogP contribution in [0.4, 0.5) is 0 Å². The summed E-state index contributed by atoms with van der Waals surface area (Å²) in [7, 11) is 0. The zero-order valence-corrected chi connectivity index (χ0v) is 15.5. The van der Waals surface area contributed by atoms with Crippen molar-refractivity contribution in [3.05, 3.63) is 36.5 Å². The number of nitrogens with zero attached hydrogens (tertiary/aromatic N) is 3. The molecule has 7 heteroatoms. The van der Waals surface area contributed by atoms with Crippen LogP contribution in [-0.4, -0.2) is 54.8 Å². The maximum absolute atomic E-state index is 9.70. The van der Waals surface area contributed by atoms with Gasteiger partial charge < -0.3 is 9.84 Å². The van der Waals surface area contributed by atoms with Crippen LogP contribution in [0.3, 0.4) is 0 Å². The lowest BCUT2D eigenvalue weighted by molar-refractivity contribution is -0.0268. The molecule has 1 aliphatic heterocycles. The molecular weight excluding hydrogens is 342 g/mol. The molecule has 0 amide bonds. The minimum atomic E-state index is -0.193. The van der Waals surface area contributed by atoms with Crippen LogP contribution >= 0.6 is 23.5 Å². The van der Waals surface area contributed by atoms with Gasteiger partial charge in [0.2, 0.25) is 0 Å². The highest BCUT2D eigenvalue weighted by molar-refractivity contribution is 8.03. The van der Waals surface area contributed by atoms with E-state index in [1.165, 1.54) is 0 Å². The molecule has 1 fully saturated rings. The molecule has 1 aliphatic rings. The molecule has 1 aromatic carbocycles. The zero-order valence-electron chi connectivity index (χ0n) is 13.9. The molecule has 2 heterocycles. The van der Waals surface area contributed by atoms with Gasteiger partial charge in [-0.1, -0.05) is 49.4 Å². The van der Waals surface area contributed by atoms with Crippen LogP contribution in [-0.2, 0) is 4.74 Å². The molecule has 0 radical (unpaired) electrons. The van der Waals surface area contributed by atoms with Crippen molar-refractivity contribution in [1.82, 2.24) is 15.0 Å². The van der Waals surface area contributed by atoms with Gasteiger partial charge in [-0.2, -0.15) is 23.5 Å². The molecule has 1 aromatic heterocycles. The summed E-state index contributed by atoms with van der Waals surface area (Å²) in [6.45, 7) is 4.33. The summed E-state index contributed by atoms with van der Waals surface area (Å²) in [5.74, 6) is 2.01. The van der Waals surface area contributed by atoms with Crippen LogP contribution in [0.25, 0.3) is 11.3 Å². The Hall–Kier alpha value is -1.02. The predicted molar refractivity (Wildman–Crippen MR) is 100 cm³/mol. The standard InChI is InChI=1S/C17H23N3O2S2/c1-3-23-15-14(11-21)22-17(16(15)24-4-2)20-10-13(18-19-20)12-8-6-5-7-9-12/h5-10,14-17,21H,3-4,11H2,1-2H3/t14-,15-,16-,17-/m1/s1. The van der Waals surface area contributed by atoms with Crippen molar-refractivity contribution < 1.29 is 9.84 Å². The predicted octanol–water partition coefficient (Wildman–Crippen LogP) is 3.08. The van der Waals surface area contributed by atoms with E-state index >= 15 is 0 Å². The van der Waals surface area contributed by atoms with E-state index in [9.17, 15) is 5.11 Å². The molecule has 0 unspecified atom stereocenters. The Morgan fingerprint density at radius 3 is 2.50 bits per heavy atom. The van der Waals surface area contributed by atoms with Gasteiger partial charge in [0.05, 0.1) is 24.2 Å². The molecule has 3 rings (SSSR count). The van der Waals surface area contributed by atoms with Crippen LogP contribution < -0.4 is 0 Å².